The highest BCUT2D eigenvalue weighted by molar-refractivity contribution is 6.32. The first kappa shape index (κ1) is 18.4. The molecule has 1 aliphatic rings. The fourth-order valence-corrected chi connectivity index (χ4v) is 3.18. The van der Waals surface area contributed by atoms with E-state index in [0.717, 1.165) is 11.1 Å². The van der Waals surface area contributed by atoms with E-state index in [-0.39, 0.29) is 11.6 Å². The summed E-state index contributed by atoms with van der Waals surface area (Å²) in [5.74, 6) is 0.855. The van der Waals surface area contributed by atoms with Crippen LogP contribution in [0.2, 0.25) is 0 Å². The highest BCUT2D eigenvalue weighted by Gasteiger charge is 2.29. The molecule has 0 saturated carbocycles. The van der Waals surface area contributed by atoms with E-state index in [0.29, 0.717) is 28.5 Å². The van der Waals surface area contributed by atoms with Crippen LogP contribution in [0.1, 0.15) is 18.2 Å². The number of benzene rings is 2. The Kier molecular flexibility index (Phi) is 4.56. The number of rotatable bonds is 4. The van der Waals surface area contributed by atoms with Crippen molar-refractivity contribution >= 4 is 29.1 Å². The van der Waals surface area contributed by atoms with Gasteiger partial charge in [0, 0.05) is 17.7 Å². The maximum absolute atomic E-state index is 12.8. The third kappa shape index (κ3) is 3.45. The second-order valence-corrected chi connectivity index (χ2v) is 6.65. The molecular weight excluding hydrogens is 370 g/mol. The third-order valence-electron chi connectivity index (χ3n) is 4.66. The molecule has 1 amide bonds. The smallest absolute Gasteiger partial charge is 0.280 e. The van der Waals surface area contributed by atoms with Crippen LogP contribution in [0.25, 0.3) is 17.4 Å². The predicted molar refractivity (Wildman–Crippen MR) is 111 cm³/mol. The number of furan rings is 1. The molecule has 2 aromatic carbocycles. The normalized spacial score (nSPS) is 15.1. The fraction of sp³-hybridized carbons (Fsp3) is 0.0909. The largest absolute Gasteiger partial charge is 0.457 e. The second-order valence-electron chi connectivity index (χ2n) is 6.65. The topological polar surface area (TPSA) is 89.0 Å². The van der Waals surface area contributed by atoms with E-state index in [1.54, 1.807) is 38.1 Å². The zero-order valence-electron chi connectivity index (χ0n) is 15.8. The molecular formula is C22H17N3O4. The molecule has 0 unspecified atom stereocenters. The molecule has 7 nitrogen and oxygen atoms in total. The van der Waals surface area contributed by atoms with E-state index < -0.39 is 4.92 Å². The van der Waals surface area contributed by atoms with Crippen LogP contribution in [0.4, 0.5) is 11.4 Å². The molecule has 7 heteroatoms. The average molecular weight is 387 g/mol. The number of carbonyl (C=O) groups excluding carboxylic acids is 1. The first-order valence-corrected chi connectivity index (χ1v) is 8.96. The molecule has 0 saturated heterocycles. The number of non-ortho nitro benzene ring substituents is 1. The van der Waals surface area contributed by atoms with Gasteiger partial charge < -0.3 is 4.42 Å². The van der Waals surface area contributed by atoms with Crippen molar-refractivity contribution in [2.75, 3.05) is 5.01 Å². The summed E-state index contributed by atoms with van der Waals surface area (Å²) in [5, 5.41) is 16.6. The first-order chi connectivity index (χ1) is 13.9. The van der Waals surface area contributed by atoms with Crippen LogP contribution in [-0.4, -0.2) is 16.5 Å². The van der Waals surface area contributed by atoms with Crippen LogP contribution in [0, 0.1) is 17.0 Å². The minimum absolute atomic E-state index is 0.0320. The van der Waals surface area contributed by atoms with Crippen LogP contribution < -0.4 is 5.01 Å². The van der Waals surface area contributed by atoms with Gasteiger partial charge in [-0.3, -0.25) is 14.9 Å². The summed E-state index contributed by atoms with van der Waals surface area (Å²) in [6, 6.07) is 17.4. The molecule has 1 aromatic heterocycles. The molecule has 144 valence electrons. The number of aryl methyl sites for hydroxylation is 1. The highest BCUT2D eigenvalue weighted by Crippen LogP contribution is 2.30. The SMILES string of the molecule is CC1=NN(c2ccccc2)C(=O)/C1=C\c1ccc(-c2ccc([N+](=O)[O-])cc2C)o1. The monoisotopic (exact) mass is 387 g/mol. The molecule has 0 atom stereocenters. The summed E-state index contributed by atoms with van der Waals surface area (Å²) in [5.41, 5.74) is 3.27. The molecule has 0 N–H and O–H groups in total. The van der Waals surface area contributed by atoms with Crippen LogP contribution in [0.15, 0.2) is 75.8 Å². The average Bonchev–Trinajstić information content (AvgIpc) is 3.28. The van der Waals surface area contributed by atoms with E-state index in [2.05, 4.69) is 5.10 Å². The summed E-state index contributed by atoms with van der Waals surface area (Å²) in [7, 11) is 0. The third-order valence-corrected chi connectivity index (χ3v) is 4.66. The highest BCUT2D eigenvalue weighted by atomic mass is 16.6. The van der Waals surface area contributed by atoms with Gasteiger partial charge in [0.05, 0.1) is 21.9 Å². The van der Waals surface area contributed by atoms with Gasteiger partial charge in [-0.2, -0.15) is 10.1 Å². The summed E-state index contributed by atoms with van der Waals surface area (Å²) in [4.78, 5) is 23.3. The van der Waals surface area contributed by atoms with Gasteiger partial charge in [-0.15, -0.1) is 0 Å². The molecule has 4 rings (SSSR count). The summed E-state index contributed by atoms with van der Waals surface area (Å²) in [6.07, 6.45) is 1.66. The van der Waals surface area contributed by atoms with E-state index in [4.69, 9.17) is 4.42 Å². The molecule has 0 bridgehead atoms. The van der Waals surface area contributed by atoms with Gasteiger partial charge >= 0.3 is 0 Å². The van der Waals surface area contributed by atoms with Gasteiger partial charge in [0.25, 0.3) is 11.6 Å². The molecule has 0 spiro atoms. The fourth-order valence-electron chi connectivity index (χ4n) is 3.18. The number of hydrogen-bond donors (Lipinski definition) is 0. The zero-order chi connectivity index (χ0) is 20.5. The molecule has 2 heterocycles. The van der Waals surface area contributed by atoms with Crippen molar-refractivity contribution in [2.24, 2.45) is 5.10 Å². The standard InChI is InChI=1S/C22H17N3O4/c1-14-12-17(25(27)28)8-10-19(14)21-11-9-18(29-21)13-20-15(2)23-24(22(20)26)16-6-4-3-5-7-16/h3-13H,1-2H3/b20-13-. The van der Waals surface area contributed by atoms with Gasteiger partial charge in [-0.1, -0.05) is 18.2 Å². The Morgan fingerprint density at radius 1 is 1.07 bits per heavy atom. The lowest BCUT2D eigenvalue weighted by molar-refractivity contribution is -0.384. The van der Waals surface area contributed by atoms with Crippen molar-refractivity contribution in [2.45, 2.75) is 13.8 Å². The van der Waals surface area contributed by atoms with Crippen LogP contribution in [0.5, 0.6) is 0 Å². The minimum Gasteiger partial charge on any atom is -0.457 e. The molecule has 29 heavy (non-hydrogen) atoms. The van der Waals surface area contributed by atoms with Crippen molar-refractivity contribution in [3.05, 3.63) is 87.7 Å². The van der Waals surface area contributed by atoms with E-state index in [9.17, 15) is 14.9 Å². The van der Waals surface area contributed by atoms with Crippen LogP contribution in [-0.2, 0) is 4.79 Å². The lowest BCUT2D eigenvalue weighted by Crippen LogP contribution is -2.21. The second kappa shape index (κ2) is 7.20. The maximum Gasteiger partial charge on any atom is 0.280 e. The van der Waals surface area contributed by atoms with Crippen LogP contribution >= 0.6 is 0 Å². The van der Waals surface area contributed by atoms with E-state index in [1.807, 2.05) is 30.3 Å². The quantitative estimate of drug-likeness (QED) is 0.359. The van der Waals surface area contributed by atoms with Crippen molar-refractivity contribution in [3.63, 3.8) is 0 Å². The summed E-state index contributed by atoms with van der Waals surface area (Å²) < 4.78 is 5.88. The van der Waals surface area contributed by atoms with Crippen molar-refractivity contribution in [1.29, 1.82) is 0 Å². The molecule has 0 fully saturated rings. The Labute approximate surface area is 166 Å². The van der Waals surface area contributed by atoms with Gasteiger partial charge in [-0.25, -0.2) is 0 Å². The Morgan fingerprint density at radius 3 is 2.52 bits per heavy atom. The predicted octanol–water partition coefficient (Wildman–Crippen LogP) is 4.97. The van der Waals surface area contributed by atoms with Gasteiger partial charge in [-0.05, 0) is 55.8 Å². The lowest BCUT2D eigenvalue weighted by atomic mass is 10.1. The van der Waals surface area contributed by atoms with Crippen LogP contribution in [0.3, 0.4) is 0 Å². The number of amides is 1. The van der Waals surface area contributed by atoms with Crippen molar-refractivity contribution < 1.29 is 14.1 Å². The Bertz CT molecular complexity index is 1180. The number of nitro benzene ring substituents is 1. The number of nitrogens with zero attached hydrogens (tertiary/aromatic N) is 3. The van der Waals surface area contributed by atoms with Gasteiger partial charge in [0.2, 0.25) is 0 Å². The molecule has 0 radical (unpaired) electrons. The molecule has 3 aromatic rings. The number of hydrogen-bond acceptors (Lipinski definition) is 5. The van der Waals surface area contributed by atoms with E-state index in [1.165, 1.54) is 17.1 Å². The van der Waals surface area contributed by atoms with Gasteiger partial charge in [0.15, 0.2) is 0 Å². The number of para-hydroxylation sites is 1. The first-order valence-electron chi connectivity index (χ1n) is 8.96. The van der Waals surface area contributed by atoms with Crippen molar-refractivity contribution in [1.82, 2.24) is 0 Å². The summed E-state index contributed by atoms with van der Waals surface area (Å²) in [6.45, 7) is 3.56. The maximum atomic E-state index is 12.8. The number of hydrazone groups is 1. The van der Waals surface area contributed by atoms with Gasteiger partial charge in [0.1, 0.15) is 11.5 Å². The molecule has 1 aliphatic heterocycles. The zero-order valence-corrected chi connectivity index (χ0v) is 15.8. The number of nitro groups is 1. The van der Waals surface area contributed by atoms with Crippen molar-refractivity contribution in [3.8, 4) is 11.3 Å². The Hall–Kier alpha value is -4.00. The lowest BCUT2D eigenvalue weighted by Gasteiger charge is -2.10. The Morgan fingerprint density at radius 2 is 1.83 bits per heavy atom. The number of anilines is 1. The van der Waals surface area contributed by atoms with E-state index >= 15 is 0 Å². The minimum atomic E-state index is -0.429. The molecule has 0 aliphatic carbocycles. The summed E-state index contributed by atoms with van der Waals surface area (Å²) >= 11 is 0. The Balaban J connectivity index is 1.62. The number of carbonyl (C=O) groups is 1.